The van der Waals surface area contributed by atoms with Gasteiger partial charge in [0.25, 0.3) is 5.91 Å². The Kier molecular flexibility index (Phi) is 10.3. The van der Waals surface area contributed by atoms with Crippen molar-refractivity contribution in [3.63, 3.8) is 0 Å². The molecule has 2 fully saturated rings. The van der Waals surface area contributed by atoms with E-state index in [0.29, 0.717) is 12.5 Å². The summed E-state index contributed by atoms with van der Waals surface area (Å²) in [7, 11) is 1.52. The van der Waals surface area contributed by atoms with Gasteiger partial charge in [0.05, 0.1) is 18.6 Å². The molecule has 1 saturated heterocycles. The van der Waals surface area contributed by atoms with Gasteiger partial charge in [-0.2, -0.15) is 0 Å². The molecular weight excluding hydrogens is 444 g/mol. The molecule has 2 rings (SSSR count). The van der Waals surface area contributed by atoms with E-state index in [4.69, 9.17) is 9.47 Å². The third-order valence-electron chi connectivity index (χ3n) is 7.00. The van der Waals surface area contributed by atoms with E-state index in [1.165, 1.54) is 11.9 Å². The highest BCUT2D eigenvalue weighted by atomic mass is 16.7. The normalized spacial score (nSPS) is 24.2. The van der Waals surface area contributed by atoms with Gasteiger partial charge < -0.3 is 19.7 Å². The smallest absolute Gasteiger partial charge is 0.327 e. The van der Waals surface area contributed by atoms with Gasteiger partial charge in [0.1, 0.15) is 12.3 Å². The third kappa shape index (κ3) is 6.89. The van der Waals surface area contributed by atoms with Crippen molar-refractivity contribution in [2.24, 2.45) is 17.8 Å². The molecule has 11 heteroatoms. The molecular formula is C23H40N4O7. The summed E-state index contributed by atoms with van der Waals surface area (Å²) in [6, 6.07) is -1.09. The molecule has 1 saturated carbocycles. The summed E-state index contributed by atoms with van der Waals surface area (Å²) < 4.78 is 10.7. The minimum Gasteiger partial charge on any atom is -0.356 e. The molecule has 1 heterocycles. The minimum absolute atomic E-state index is 0.0305. The summed E-state index contributed by atoms with van der Waals surface area (Å²) >= 11 is 0. The Labute approximate surface area is 201 Å². The number of imide groups is 1. The summed E-state index contributed by atoms with van der Waals surface area (Å²) in [5.41, 5.74) is 0.586. The highest BCUT2D eigenvalue weighted by molar-refractivity contribution is 6.06. The lowest BCUT2D eigenvalue weighted by molar-refractivity contribution is -0.138. The van der Waals surface area contributed by atoms with E-state index in [-0.39, 0.29) is 38.2 Å². The van der Waals surface area contributed by atoms with Crippen LogP contribution in [0.15, 0.2) is 0 Å². The van der Waals surface area contributed by atoms with Crippen LogP contribution in [0.4, 0.5) is 4.79 Å². The number of ether oxygens (including phenoxy) is 2. The lowest BCUT2D eigenvalue weighted by atomic mass is 9.82. The second kappa shape index (κ2) is 12.5. The first kappa shape index (κ1) is 28.0. The molecule has 0 radical (unpaired) electrons. The van der Waals surface area contributed by atoms with Gasteiger partial charge in [0.15, 0.2) is 0 Å². The van der Waals surface area contributed by atoms with E-state index >= 15 is 0 Å². The largest absolute Gasteiger partial charge is 0.356 e. The fourth-order valence-corrected chi connectivity index (χ4v) is 4.40. The van der Waals surface area contributed by atoms with Crippen molar-refractivity contribution in [1.82, 2.24) is 20.6 Å². The molecule has 2 atom stereocenters. The van der Waals surface area contributed by atoms with Gasteiger partial charge in [-0.3, -0.25) is 24.5 Å². The van der Waals surface area contributed by atoms with Gasteiger partial charge >= 0.3 is 6.03 Å². The Bertz CT molecular complexity index is 737. The van der Waals surface area contributed by atoms with Crippen LogP contribution in [0, 0.1) is 17.8 Å². The summed E-state index contributed by atoms with van der Waals surface area (Å²) in [4.78, 5) is 53.2. The number of carbonyl (C=O) groups excluding carboxylic acids is 4. The highest BCUT2D eigenvalue weighted by Gasteiger charge is 2.50. The number of likely N-dealkylation sites (N-methyl/N-ethyl adjacent to an activating group) is 1. The zero-order valence-corrected chi connectivity index (χ0v) is 21.0. The van der Waals surface area contributed by atoms with Gasteiger partial charge in [-0.1, -0.05) is 6.92 Å². The van der Waals surface area contributed by atoms with Gasteiger partial charge in [-0.25, -0.2) is 10.3 Å². The second-order valence-electron chi connectivity index (χ2n) is 9.87. The molecule has 0 aromatic rings. The molecule has 3 N–H and O–H groups in total. The Hall–Kier alpha value is -2.24. The molecule has 5 amide bonds. The van der Waals surface area contributed by atoms with Crippen LogP contribution in [-0.4, -0.2) is 83.9 Å². The number of hydrogen-bond acceptors (Lipinski definition) is 7. The molecule has 0 unspecified atom stereocenters. The van der Waals surface area contributed by atoms with Crippen LogP contribution in [0.1, 0.15) is 59.8 Å². The molecule has 2 aliphatic rings. The maximum atomic E-state index is 12.9. The van der Waals surface area contributed by atoms with E-state index < -0.39 is 35.3 Å². The molecule has 194 valence electrons. The average molecular weight is 485 g/mol. The van der Waals surface area contributed by atoms with E-state index in [1.54, 1.807) is 19.3 Å². The van der Waals surface area contributed by atoms with E-state index in [9.17, 15) is 24.4 Å². The first-order chi connectivity index (χ1) is 16.0. The van der Waals surface area contributed by atoms with Crippen molar-refractivity contribution >= 4 is 23.8 Å². The number of hydroxylamine groups is 1. The molecule has 0 spiro atoms. The van der Waals surface area contributed by atoms with Crippen molar-refractivity contribution in [3.05, 3.63) is 0 Å². The van der Waals surface area contributed by atoms with Crippen LogP contribution in [-0.2, 0) is 23.9 Å². The van der Waals surface area contributed by atoms with E-state index in [1.807, 2.05) is 6.92 Å². The Morgan fingerprint density at radius 2 is 1.82 bits per heavy atom. The lowest BCUT2D eigenvalue weighted by Gasteiger charge is -2.29. The SMILES string of the molecule is CCOCOC[C@H](C[C@H](CN1C(=O)N(C)C(C)(C)C1=O)C(=O)NO)NC(=O)C1CCC(C)CC1. The van der Waals surface area contributed by atoms with Crippen molar-refractivity contribution in [1.29, 1.82) is 0 Å². The van der Waals surface area contributed by atoms with Gasteiger partial charge in [-0.05, 0) is 58.8 Å². The predicted molar refractivity (Wildman–Crippen MR) is 122 cm³/mol. The number of carbonyl (C=O) groups is 4. The number of urea groups is 1. The van der Waals surface area contributed by atoms with Crippen LogP contribution < -0.4 is 10.8 Å². The maximum absolute atomic E-state index is 12.9. The summed E-state index contributed by atoms with van der Waals surface area (Å²) in [6.07, 6.45) is 3.65. The van der Waals surface area contributed by atoms with Gasteiger partial charge in [0.2, 0.25) is 11.8 Å². The number of nitrogens with one attached hydrogen (secondary N) is 2. The molecule has 11 nitrogen and oxygen atoms in total. The number of nitrogens with zero attached hydrogens (tertiary/aromatic N) is 2. The van der Waals surface area contributed by atoms with E-state index in [2.05, 4.69) is 12.2 Å². The number of hydrogen-bond donors (Lipinski definition) is 3. The van der Waals surface area contributed by atoms with Crippen LogP contribution in [0.3, 0.4) is 0 Å². The molecule has 0 aromatic carbocycles. The zero-order chi connectivity index (χ0) is 25.5. The topological polar surface area (TPSA) is 138 Å². The van der Waals surface area contributed by atoms with Crippen molar-refractivity contribution in [2.75, 3.05) is 33.6 Å². The Balaban J connectivity index is 2.12. The number of amides is 5. The Morgan fingerprint density at radius 1 is 1.18 bits per heavy atom. The molecule has 1 aliphatic carbocycles. The van der Waals surface area contributed by atoms with Crippen molar-refractivity contribution < 1.29 is 33.9 Å². The molecule has 0 bridgehead atoms. The minimum atomic E-state index is -1.04. The molecule has 34 heavy (non-hydrogen) atoms. The first-order valence-electron chi connectivity index (χ1n) is 12.0. The van der Waals surface area contributed by atoms with E-state index in [0.717, 1.165) is 30.6 Å². The third-order valence-corrected chi connectivity index (χ3v) is 7.00. The fourth-order valence-electron chi connectivity index (χ4n) is 4.40. The molecule has 1 aliphatic heterocycles. The summed E-state index contributed by atoms with van der Waals surface area (Å²) in [5.74, 6) is -1.73. The number of rotatable bonds is 12. The lowest BCUT2D eigenvalue weighted by Crippen LogP contribution is -2.48. The summed E-state index contributed by atoms with van der Waals surface area (Å²) in [5, 5.41) is 12.3. The van der Waals surface area contributed by atoms with Crippen LogP contribution in [0.5, 0.6) is 0 Å². The Morgan fingerprint density at radius 3 is 2.35 bits per heavy atom. The zero-order valence-electron chi connectivity index (χ0n) is 21.0. The quantitative estimate of drug-likeness (QED) is 0.125. The highest BCUT2D eigenvalue weighted by Crippen LogP contribution is 2.29. The second-order valence-corrected chi connectivity index (χ2v) is 9.87. The van der Waals surface area contributed by atoms with Crippen LogP contribution in [0.2, 0.25) is 0 Å². The van der Waals surface area contributed by atoms with Crippen molar-refractivity contribution in [3.8, 4) is 0 Å². The monoisotopic (exact) mass is 484 g/mol. The first-order valence-corrected chi connectivity index (χ1v) is 12.0. The standard InChI is InChI=1S/C23H40N4O7/c1-6-33-14-34-13-18(24-19(28)16-9-7-15(2)8-10-16)11-17(20(29)25-32)12-27-21(30)23(3,4)26(5)22(27)31/h15-18,32H,6-14H2,1-5H3,(H,24,28)(H,25,29)/t15?,16?,17-,18+/m1/s1. The fraction of sp³-hybridized carbons (Fsp3) is 0.826. The maximum Gasteiger partial charge on any atom is 0.327 e. The van der Waals surface area contributed by atoms with Gasteiger partial charge in [-0.15, -0.1) is 0 Å². The van der Waals surface area contributed by atoms with Gasteiger partial charge in [0, 0.05) is 26.1 Å². The van der Waals surface area contributed by atoms with Crippen molar-refractivity contribution in [2.45, 2.75) is 71.4 Å². The molecule has 0 aromatic heterocycles. The van der Waals surface area contributed by atoms with Crippen LogP contribution >= 0.6 is 0 Å². The predicted octanol–water partition coefficient (Wildman–Crippen LogP) is 1.49. The van der Waals surface area contributed by atoms with Crippen LogP contribution in [0.25, 0.3) is 0 Å². The average Bonchev–Trinajstić information content (AvgIpc) is 2.95. The summed E-state index contributed by atoms with van der Waals surface area (Å²) in [6.45, 7) is 7.62.